The lowest BCUT2D eigenvalue weighted by atomic mass is 9.91. The molecule has 0 aliphatic carbocycles. The predicted molar refractivity (Wildman–Crippen MR) is 83.4 cm³/mol. The van der Waals surface area contributed by atoms with Crippen molar-refractivity contribution in [2.24, 2.45) is 17.6 Å². The number of carboxylic acid groups (broad SMARTS) is 1. The zero-order valence-corrected chi connectivity index (χ0v) is 13.1. The Bertz CT molecular complexity index is 431. The third-order valence-electron chi connectivity index (χ3n) is 3.51. The van der Waals surface area contributed by atoms with Gasteiger partial charge in [-0.2, -0.15) is 0 Å². The molecule has 1 aromatic rings. The molecule has 1 rings (SSSR count). The fraction of sp³-hybridized carbons (Fsp3) is 0.533. The minimum atomic E-state index is -0.812. The first-order valence-corrected chi connectivity index (χ1v) is 7.57. The van der Waals surface area contributed by atoms with Crippen molar-refractivity contribution in [2.75, 3.05) is 6.54 Å². The molecule has 0 saturated carbocycles. The van der Waals surface area contributed by atoms with E-state index in [-0.39, 0.29) is 6.54 Å². The lowest BCUT2D eigenvalue weighted by Gasteiger charge is -2.16. The second kappa shape index (κ2) is 8.50. The molecule has 5 heteroatoms. The zero-order valence-electron chi connectivity index (χ0n) is 11.6. The van der Waals surface area contributed by atoms with E-state index >= 15 is 0 Å². The number of halogens is 2. The Balaban J connectivity index is 2.42. The Morgan fingerprint density at radius 1 is 1.35 bits per heavy atom. The molecule has 0 heterocycles. The van der Waals surface area contributed by atoms with Crippen molar-refractivity contribution in [2.45, 2.75) is 32.6 Å². The maximum absolute atomic E-state index is 10.9. The smallest absolute Gasteiger partial charge is 0.307 e. The maximum Gasteiger partial charge on any atom is 0.307 e. The largest absolute Gasteiger partial charge is 0.481 e. The molecule has 0 amide bonds. The molecule has 0 aliphatic rings. The average molecular weight is 318 g/mol. The molecule has 2 unspecified atom stereocenters. The highest BCUT2D eigenvalue weighted by molar-refractivity contribution is 6.35. The highest BCUT2D eigenvalue weighted by atomic mass is 35.5. The van der Waals surface area contributed by atoms with Gasteiger partial charge < -0.3 is 10.8 Å². The van der Waals surface area contributed by atoms with E-state index in [0.717, 1.165) is 24.8 Å². The molecular weight excluding hydrogens is 297 g/mol. The van der Waals surface area contributed by atoms with Crippen LogP contribution in [0, 0.1) is 11.8 Å². The van der Waals surface area contributed by atoms with E-state index in [2.05, 4.69) is 6.92 Å². The van der Waals surface area contributed by atoms with Crippen molar-refractivity contribution < 1.29 is 9.90 Å². The van der Waals surface area contributed by atoms with Crippen LogP contribution >= 0.6 is 23.2 Å². The van der Waals surface area contributed by atoms with Crippen molar-refractivity contribution in [3.63, 3.8) is 0 Å². The molecule has 0 saturated heterocycles. The van der Waals surface area contributed by atoms with Gasteiger partial charge in [0.15, 0.2) is 0 Å². The monoisotopic (exact) mass is 317 g/mol. The molecule has 0 spiro atoms. The molecule has 0 aliphatic heterocycles. The number of hydrogen-bond acceptors (Lipinski definition) is 2. The molecule has 3 nitrogen and oxygen atoms in total. The van der Waals surface area contributed by atoms with Crippen molar-refractivity contribution >= 4 is 29.2 Å². The Hall–Kier alpha value is -0.770. The van der Waals surface area contributed by atoms with Gasteiger partial charge in [-0.25, -0.2) is 0 Å². The van der Waals surface area contributed by atoms with Crippen LogP contribution in [0.2, 0.25) is 10.0 Å². The minimum Gasteiger partial charge on any atom is -0.481 e. The number of carboxylic acids is 1. The van der Waals surface area contributed by atoms with Crippen LogP contribution in [0.25, 0.3) is 0 Å². The van der Waals surface area contributed by atoms with Crippen LogP contribution in [0.5, 0.6) is 0 Å². The van der Waals surface area contributed by atoms with E-state index in [0.29, 0.717) is 22.4 Å². The van der Waals surface area contributed by atoms with Crippen LogP contribution in [0.1, 0.15) is 31.7 Å². The van der Waals surface area contributed by atoms with E-state index < -0.39 is 11.9 Å². The summed E-state index contributed by atoms with van der Waals surface area (Å²) in [7, 11) is 0. The van der Waals surface area contributed by atoms with Gasteiger partial charge in [0.1, 0.15) is 0 Å². The van der Waals surface area contributed by atoms with Gasteiger partial charge in [0, 0.05) is 16.6 Å². The van der Waals surface area contributed by atoms with E-state index in [1.54, 1.807) is 0 Å². The molecule has 2 atom stereocenters. The SMILES string of the molecule is CC(CCCc1c(Cl)cccc1Cl)CC(CN)C(=O)O. The number of hydrogen-bond donors (Lipinski definition) is 2. The van der Waals surface area contributed by atoms with Crippen LogP contribution in [0.15, 0.2) is 18.2 Å². The van der Waals surface area contributed by atoms with Crippen molar-refractivity contribution in [3.05, 3.63) is 33.8 Å². The van der Waals surface area contributed by atoms with E-state index in [1.807, 2.05) is 18.2 Å². The first-order valence-electron chi connectivity index (χ1n) is 6.81. The van der Waals surface area contributed by atoms with Crippen LogP contribution in [-0.2, 0) is 11.2 Å². The van der Waals surface area contributed by atoms with Crippen molar-refractivity contribution in [3.8, 4) is 0 Å². The summed E-state index contributed by atoms with van der Waals surface area (Å²) in [6.07, 6.45) is 3.29. The number of nitrogens with two attached hydrogens (primary N) is 1. The molecular formula is C15H21Cl2NO2. The van der Waals surface area contributed by atoms with E-state index in [9.17, 15) is 4.79 Å². The van der Waals surface area contributed by atoms with Crippen molar-refractivity contribution in [1.82, 2.24) is 0 Å². The van der Waals surface area contributed by atoms with Crippen LogP contribution in [0.4, 0.5) is 0 Å². The molecule has 20 heavy (non-hydrogen) atoms. The fourth-order valence-corrected chi connectivity index (χ4v) is 2.89. The summed E-state index contributed by atoms with van der Waals surface area (Å²) in [4.78, 5) is 10.9. The third kappa shape index (κ3) is 5.31. The average Bonchev–Trinajstić information content (AvgIpc) is 2.39. The third-order valence-corrected chi connectivity index (χ3v) is 4.21. The lowest BCUT2D eigenvalue weighted by Crippen LogP contribution is -2.25. The van der Waals surface area contributed by atoms with Gasteiger partial charge in [-0.15, -0.1) is 0 Å². The number of aliphatic carboxylic acids is 1. The van der Waals surface area contributed by atoms with Gasteiger partial charge >= 0.3 is 5.97 Å². The van der Waals surface area contributed by atoms with Crippen molar-refractivity contribution in [1.29, 1.82) is 0 Å². The summed E-state index contributed by atoms with van der Waals surface area (Å²) in [5.41, 5.74) is 6.43. The molecule has 0 fully saturated rings. The van der Waals surface area contributed by atoms with Crippen LogP contribution < -0.4 is 5.73 Å². The Kier molecular flexibility index (Phi) is 7.35. The maximum atomic E-state index is 10.9. The zero-order chi connectivity index (χ0) is 15.1. The lowest BCUT2D eigenvalue weighted by molar-refractivity contribution is -0.141. The summed E-state index contributed by atoms with van der Waals surface area (Å²) < 4.78 is 0. The van der Waals surface area contributed by atoms with Gasteiger partial charge in [0.05, 0.1) is 5.92 Å². The van der Waals surface area contributed by atoms with Gasteiger partial charge in [-0.3, -0.25) is 4.79 Å². The number of benzene rings is 1. The molecule has 112 valence electrons. The first-order chi connectivity index (χ1) is 9.45. The van der Waals surface area contributed by atoms with E-state index in [1.165, 1.54) is 0 Å². The van der Waals surface area contributed by atoms with E-state index in [4.69, 9.17) is 34.0 Å². The predicted octanol–water partition coefficient (Wildman–Crippen LogP) is 4.00. The van der Waals surface area contributed by atoms with Gasteiger partial charge in [0.2, 0.25) is 0 Å². The second-order valence-corrected chi connectivity index (χ2v) is 6.02. The number of carbonyl (C=O) groups is 1. The summed E-state index contributed by atoms with van der Waals surface area (Å²) in [6.45, 7) is 2.25. The molecule has 1 aromatic carbocycles. The Labute approximate surface area is 130 Å². The molecule has 0 aromatic heterocycles. The van der Waals surface area contributed by atoms with Crippen LogP contribution in [-0.4, -0.2) is 17.6 Å². The molecule has 3 N–H and O–H groups in total. The van der Waals surface area contributed by atoms with Gasteiger partial charge in [-0.05, 0) is 42.9 Å². The minimum absolute atomic E-state index is 0.190. The van der Waals surface area contributed by atoms with Crippen LogP contribution in [0.3, 0.4) is 0 Å². The van der Waals surface area contributed by atoms with Gasteiger partial charge in [0.25, 0.3) is 0 Å². The van der Waals surface area contributed by atoms with Gasteiger partial charge in [-0.1, -0.05) is 42.6 Å². The standard InChI is InChI=1S/C15H21Cl2NO2/c1-10(8-11(9-18)15(19)20)4-2-5-12-13(16)6-3-7-14(12)17/h3,6-7,10-11H,2,4-5,8-9,18H2,1H3,(H,19,20). The normalized spacial score (nSPS) is 14.0. The fourth-order valence-electron chi connectivity index (χ4n) is 2.30. The first kappa shape index (κ1) is 17.3. The summed E-state index contributed by atoms with van der Waals surface area (Å²) in [5.74, 6) is -0.941. The second-order valence-electron chi connectivity index (χ2n) is 5.20. The Morgan fingerprint density at radius 2 is 1.95 bits per heavy atom. The summed E-state index contributed by atoms with van der Waals surface area (Å²) in [6, 6.07) is 5.50. The Morgan fingerprint density at radius 3 is 2.45 bits per heavy atom. The highest BCUT2D eigenvalue weighted by Gasteiger charge is 2.18. The topological polar surface area (TPSA) is 63.3 Å². The number of rotatable bonds is 8. The quantitative estimate of drug-likeness (QED) is 0.761. The molecule has 0 radical (unpaired) electrons. The summed E-state index contributed by atoms with van der Waals surface area (Å²) >= 11 is 12.2. The summed E-state index contributed by atoms with van der Waals surface area (Å²) in [5, 5.41) is 10.4. The molecule has 0 bridgehead atoms. The highest BCUT2D eigenvalue weighted by Crippen LogP contribution is 2.27.